The summed E-state index contributed by atoms with van der Waals surface area (Å²) in [5, 5.41) is 0.594. The zero-order valence-corrected chi connectivity index (χ0v) is 20.6. The third kappa shape index (κ3) is 3.29. The van der Waals surface area contributed by atoms with E-state index in [0.29, 0.717) is 16.3 Å². The van der Waals surface area contributed by atoms with Crippen LogP contribution in [0.3, 0.4) is 0 Å². The van der Waals surface area contributed by atoms with Crippen molar-refractivity contribution in [3.05, 3.63) is 99.7 Å². The number of imide groups is 1. The molecular formula is C28H20Cl2N2O4. The van der Waals surface area contributed by atoms with Crippen LogP contribution in [0.25, 0.3) is 6.08 Å². The molecule has 0 N–H and O–H groups in total. The predicted octanol–water partition coefficient (Wildman–Crippen LogP) is 5.40. The molecular weight excluding hydrogens is 499 g/mol. The Labute approximate surface area is 217 Å². The lowest BCUT2D eigenvalue weighted by Crippen LogP contribution is -2.44. The molecule has 3 aromatic rings. The van der Waals surface area contributed by atoms with E-state index >= 15 is 0 Å². The maximum Gasteiger partial charge on any atom is 0.240 e. The lowest BCUT2D eigenvalue weighted by Gasteiger charge is -2.35. The lowest BCUT2D eigenvalue weighted by molar-refractivity contribution is -0.123. The van der Waals surface area contributed by atoms with Crippen molar-refractivity contribution in [3.8, 4) is 5.75 Å². The molecule has 3 aliphatic rings. The van der Waals surface area contributed by atoms with Gasteiger partial charge in [0.15, 0.2) is 5.78 Å². The number of carbonyl (C=O) groups excluding carboxylic acids is 3. The molecule has 0 bridgehead atoms. The standard InChI is InChI=1S/C28H20Cl2N2O4/c1-36-18-9-6-16(7-10-18)26(33)25-23-22(24-19-5-3-2-4-15(19)12-13-31(24)25)27(34)32(28(23)35)21-11-8-17(29)14-20(21)30/h2-14,22-25H,1H3. The van der Waals surface area contributed by atoms with Gasteiger partial charge < -0.3 is 9.64 Å². The Morgan fingerprint density at radius 3 is 2.36 bits per heavy atom. The summed E-state index contributed by atoms with van der Waals surface area (Å²) in [6.07, 6.45) is 3.75. The Kier molecular flexibility index (Phi) is 5.39. The number of carbonyl (C=O) groups is 3. The van der Waals surface area contributed by atoms with Crippen LogP contribution in [0.4, 0.5) is 5.69 Å². The van der Waals surface area contributed by atoms with Crippen molar-refractivity contribution in [1.29, 1.82) is 0 Å². The lowest BCUT2D eigenvalue weighted by atomic mass is 9.83. The molecule has 0 spiro atoms. The van der Waals surface area contributed by atoms with Gasteiger partial charge in [0.25, 0.3) is 0 Å². The number of hydrogen-bond donors (Lipinski definition) is 0. The molecule has 0 aromatic heterocycles. The Balaban J connectivity index is 1.49. The molecule has 4 unspecified atom stereocenters. The second-order valence-electron chi connectivity index (χ2n) is 9.03. The molecule has 2 fully saturated rings. The van der Waals surface area contributed by atoms with E-state index < -0.39 is 29.8 Å². The Morgan fingerprint density at radius 1 is 0.917 bits per heavy atom. The molecule has 4 atom stereocenters. The number of ketones is 1. The highest BCUT2D eigenvalue weighted by atomic mass is 35.5. The maximum absolute atomic E-state index is 13.9. The zero-order valence-electron chi connectivity index (χ0n) is 19.1. The van der Waals surface area contributed by atoms with Crippen LogP contribution in [0.5, 0.6) is 5.75 Å². The highest BCUT2D eigenvalue weighted by molar-refractivity contribution is 6.38. The molecule has 2 amide bonds. The fourth-order valence-corrected chi connectivity index (χ4v) is 6.18. The first-order valence-electron chi connectivity index (χ1n) is 11.5. The summed E-state index contributed by atoms with van der Waals surface area (Å²) in [5.41, 5.74) is 2.58. The first kappa shape index (κ1) is 22.8. The van der Waals surface area contributed by atoms with Crippen molar-refractivity contribution < 1.29 is 19.1 Å². The number of hydrogen-bond acceptors (Lipinski definition) is 5. The number of rotatable bonds is 4. The highest BCUT2D eigenvalue weighted by Gasteiger charge is 2.64. The molecule has 3 aromatic carbocycles. The van der Waals surface area contributed by atoms with Crippen LogP contribution >= 0.6 is 23.2 Å². The third-order valence-electron chi connectivity index (χ3n) is 7.26. The summed E-state index contributed by atoms with van der Waals surface area (Å²) in [7, 11) is 1.55. The molecule has 6 nitrogen and oxygen atoms in total. The molecule has 6 rings (SSSR count). The average molecular weight is 519 g/mol. The van der Waals surface area contributed by atoms with Crippen LogP contribution in [0.1, 0.15) is 27.5 Å². The van der Waals surface area contributed by atoms with Crippen molar-refractivity contribution in [2.75, 3.05) is 12.0 Å². The summed E-state index contributed by atoms with van der Waals surface area (Å²) in [6.45, 7) is 0. The van der Waals surface area contributed by atoms with E-state index in [-0.39, 0.29) is 22.4 Å². The Bertz CT molecular complexity index is 1450. The number of fused-ring (bicyclic) bond motifs is 5. The van der Waals surface area contributed by atoms with Gasteiger partial charge in [-0.25, -0.2) is 4.90 Å². The van der Waals surface area contributed by atoms with Crippen molar-refractivity contribution in [2.45, 2.75) is 12.1 Å². The molecule has 8 heteroatoms. The van der Waals surface area contributed by atoms with Crippen LogP contribution in [0.2, 0.25) is 10.0 Å². The van der Waals surface area contributed by atoms with E-state index in [2.05, 4.69) is 0 Å². The predicted molar refractivity (Wildman–Crippen MR) is 137 cm³/mol. The molecule has 36 heavy (non-hydrogen) atoms. The van der Waals surface area contributed by atoms with E-state index in [4.69, 9.17) is 27.9 Å². The van der Waals surface area contributed by atoms with Crippen molar-refractivity contribution >= 4 is 52.6 Å². The second kappa shape index (κ2) is 8.50. The van der Waals surface area contributed by atoms with Gasteiger partial charge in [-0.15, -0.1) is 0 Å². The summed E-state index contributed by atoms with van der Waals surface area (Å²) >= 11 is 12.5. The molecule has 2 saturated heterocycles. The number of halogens is 2. The van der Waals surface area contributed by atoms with Gasteiger partial charge in [0.1, 0.15) is 11.8 Å². The molecule has 3 heterocycles. The van der Waals surface area contributed by atoms with Crippen molar-refractivity contribution in [3.63, 3.8) is 0 Å². The summed E-state index contributed by atoms with van der Waals surface area (Å²) in [5.74, 6) is -2.05. The van der Waals surface area contributed by atoms with Crippen LogP contribution in [0, 0.1) is 11.8 Å². The molecule has 180 valence electrons. The van der Waals surface area contributed by atoms with Crippen LogP contribution in [0.15, 0.2) is 72.9 Å². The summed E-state index contributed by atoms with van der Waals surface area (Å²) in [4.78, 5) is 44.8. The number of methoxy groups -OCH3 is 1. The maximum atomic E-state index is 13.9. The quantitative estimate of drug-likeness (QED) is 0.341. The van der Waals surface area contributed by atoms with Gasteiger partial charge in [0, 0.05) is 16.8 Å². The minimum absolute atomic E-state index is 0.197. The number of benzene rings is 3. The Morgan fingerprint density at radius 2 is 1.64 bits per heavy atom. The summed E-state index contributed by atoms with van der Waals surface area (Å²) in [6, 6.07) is 17.8. The number of amides is 2. The van der Waals surface area contributed by atoms with Gasteiger partial charge >= 0.3 is 0 Å². The monoisotopic (exact) mass is 518 g/mol. The SMILES string of the molecule is COc1ccc(C(=O)C2C3C(=O)N(c4ccc(Cl)cc4Cl)C(=O)C3C3c4ccccc4C=CN23)cc1. The first-order chi connectivity index (χ1) is 17.4. The number of nitrogens with zero attached hydrogens (tertiary/aromatic N) is 2. The third-order valence-corrected chi connectivity index (χ3v) is 7.79. The van der Waals surface area contributed by atoms with Gasteiger partial charge in [0.2, 0.25) is 11.8 Å². The van der Waals surface area contributed by atoms with Crippen LogP contribution in [-0.4, -0.2) is 35.6 Å². The van der Waals surface area contributed by atoms with Gasteiger partial charge in [-0.2, -0.15) is 0 Å². The molecule has 0 aliphatic carbocycles. The zero-order chi connectivity index (χ0) is 25.1. The Hall–Kier alpha value is -3.61. The molecule has 0 saturated carbocycles. The van der Waals surface area contributed by atoms with E-state index in [0.717, 1.165) is 16.0 Å². The minimum atomic E-state index is -0.875. The fraction of sp³-hybridized carbons (Fsp3) is 0.179. The molecule has 0 radical (unpaired) electrons. The van der Waals surface area contributed by atoms with E-state index in [1.807, 2.05) is 41.4 Å². The highest BCUT2D eigenvalue weighted by Crippen LogP contribution is 2.54. The van der Waals surface area contributed by atoms with Gasteiger partial charge in [-0.05, 0) is 59.7 Å². The van der Waals surface area contributed by atoms with E-state index in [1.54, 1.807) is 43.5 Å². The van der Waals surface area contributed by atoms with Gasteiger partial charge in [0.05, 0.1) is 35.7 Å². The van der Waals surface area contributed by atoms with Gasteiger partial charge in [-0.3, -0.25) is 14.4 Å². The van der Waals surface area contributed by atoms with Crippen molar-refractivity contribution in [2.24, 2.45) is 11.8 Å². The summed E-state index contributed by atoms with van der Waals surface area (Å²) < 4.78 is 5.22. The van der Waals surface area contributed by atoms with E-state index in [9.17, 15) is 14.4 Å². The largest absolute Gasteiger partial charge is 0.497 e. The van der Waals surface area contributed by atoms with Gasteiger partial charge in [-0.1, -0.05) is 47.5 Å². The number of anilines is 1. The first-order valence-corrected chi connectivity index (χ1v) is 12.2. The van der Waals surface area contributed by atoms with Crippen molar-refractivity contribution in [1.82, 2.24) is 4.90 Å². The normalized spacial score (nSPS) is 24.0. The number of ether oxygens (including phenoxy) is 1. The fourth-order valence-electron chi connectivity index (χ4n) is 5.68. The number of Topliss-reactive ketones (excluding diaryl/α,β-unsaturated/α-hetero) is 1. The minimum Gasteiger partial charge on any atom is -0.497 e. The topological polar surface area (TPSA) is 66.9 Å². The van der Waals surface area contributed by atoms with Crippen LogP contribution < -0.4 is 9.64 Å². The average Bonchev–Trinajstić information content (AvgIpc) is 3.36. The smallest absolute Gasteiger partial charge is 0.240 e. The van der Waals surface area contributed by atoms with E-state index in [1.165, 1.54) is 6.07 Å². The van der Waals surface area contributed by atoms with Crippen LogP contribution in [-0.2, 0) is 9.59 Å². The second-order valence-corrected chi connectivity index (χ2v) is 9.88. The molecule has 3 aliphatic heterocycles.